The van der Waals surface area contributed by atoms with E-state index in [9.17, 15) is 0 Å². The lowest BCUT2D eigenvalue weighted by Crippen LogP contribution is -1.88. The van der Waals surface area contributed by atoms with Crippen LogP contribution in [0.1, 0.15) is 0 Å². The fraction of sp³-hybridized carbons (Fsp3) is 0. The van der Waals surface area contributed by atoms with Gasteiger partial charge in [-0.15, -0.1) is 0 Å². The van der Waals surface area contributed by atoms with Gasteiger partial charge in [-0.2, -0.15) is 0 Å². The van der Waals surface area contributed by atoms with Crippen molar-refractivity contribution >= 4 is 53.7 Å². The maximum absolute atomic E-state index is 4.66. The third-order valence-corrected chi connectivity index (χ3v) is 5.48. The molecule has 0 unspecified atom stereocenters. The largest absolute Gasteiger partial charge is 0.360 e. The zero-order chi connectivity index (χ0) is 17.7. The van der Waals surface area contributed by atoms with Crippen LogP contribution in [-0.2, 0) is 0 Å². The standard InChI is InChI=1S/C20H12Br2N4/c21-11-1-3-17-13(5-11)15(7-23-17)19-9-26-20(10-25-19)16-8-24-18-4-2-12(22)6-14(16)18/h1-10,23-24H. The van der Waals surface area contributed by atoms with Gasteiger partial charge >= 0.3 is 0 Å². The highest BCUT2D eigenvalue weighted by atomic mass is 79.9. The fourth-order valence-electron chi connectivity index (χ4n) is 3.22. The number of nitrogens with zero attached hydrogens (tertiary/aromatic N) is 2. The molecule has 2 N–H and O–H groups in total. The van der Waals surface area contributed by atoms with E-state index in [2.05, 4.69) is 76.1 Å². The molecule has 5 aromatic rings. The van der Waals surface area contributed by atoms with Crippen molar-refractivity contribution in [3.63, 3.8) is 0 Å². The Morgan fingerprint density at radius 3 is 1.54 bits per heavy atom. The van der Waals surface area contributed by atoms with Crippen LogP contribution in [-0.4, -0.2) is 19.9 Å². The van der Waals surface area contributed by atoms with Gasteiger partial charge in [0.1, 0.15) is 0 Å². The Labute approximate surface area is 166 Å². The van der Waals surface area contributed by atoms with Crippen molar-refractivity contribution in [3.8, 4) is 22.5 Å². The summed E-state index contributed by atoms with van der Waals surface area (Å²) in [6.45, 7) is 0. The zero-order valence-electron chi connectivity index (χ0n) is 13.4. The first-order chi connectivity index (χ1) is 12.7. The highest BCUT2D eigenvalue weighted by molar-refractivity contribution is 9.10. The van der Waals surface area contributed by atoms with E-state index in [1.54, 1.807) is 0 Å². The van der Waals surface area contributed by atoms with Crippen LogP contribution in [0.15, 0.2) is 70.1 Å². The maximum atomic E-state index is 4.66. The van der Waals surface area contributed by atoms with E-state index >= 15 is 0 Å². The van der Waals surface area contributed by atoms with Crippen molar-refractivity contribution in [2.75, 3.05) is 0 Å². The predicted molar refractivity (Wildman–Crippen MR) is 112 cm³/mol. The van der Waals surface area contributed by atoms with Gasteiger partial charge in [0.2, 0.25) is 0 Å². The van der Waals surface area contributed by atoms with Gasteiger partial charge in [0.05, 0.1) is 23.8 Å². The van der Waals surface area contributed by atoms with E-state index in [0.717, 1.165) is 53.3 Å². The molecule has 0 saturated heterocycles. The monoisotopic (exact) mass is 466 g/mol. The third-order valence-electron chi connectivity index (χ3n) is 4.49. The Bertz CT molecular complexity index is 1150. The molecule has 0 aliphatic carbocycles. The molecule has 0 radical (unpaired) electrons. The summed E-state index contributed by atoms with van der Waals surface area (Å²) in [6, 6.07) is 12.3. The minimum absolute atomic E-state index is 0.846. The SMILES string of the molecule is Brc1ccc2[nH]cc(-c3cnc(-c4c[nH]c5ccc(Br)cc45)cn3)c2c1. The quantitative estimate of drug-likeness (QED) is 0.320. The second kappa shape index (κ2) is 6.07. The molecule has 0 aliphatic rings. The number of nitrogens with one attached hydrogen (secondary N) is 2. The summed E-state index contributed by atoms with van der Waals surface area (Å²) >= 11 is 7.07. The van der Waals surface area contributed by atoms with Crippen LogP contribution in [0.25, 0.3) is 44.3 Å². The Morgan fingerprint density at radius 2 is 1.12 bits per heavy atom. The van der Waals surface area contributed by atoms with Gasteiger partial charge in [-0.05, 0) is 36.4 Å². The topological polar surface area (TPSA) is 57.4 Å². The van der Waals surface area contributed by atoms with Crippen LogP contribution >= 0.6 is 31.9 Å². The molecule has 0 atom stereocenters. The van der Waals surface area contributed by atoms with E-state index in [1.165, 1.54) is 0 Å². The lowest BCUT2D eigenvalue weighted by Gasteiger charge is -2.02. The molecular formula is C20H12Br2N4. The van der Waals surface area contributed by atoms with E-state index in [4.69, 9.17) is 0 Å². The lowest BCUT2D eigenvalue weighted by molar-refractivity contribution is 1.21. The summed E-state index contributed by atoms with van der Waals surface area (Å²) in [5.74, 6) is 0. The average Bonchev–Trinajstić information content (AvgIpc) is 3.25. The molecule has 26 heavy (non-hydrogen) atoms. The van der Waals surface area contributed by atoms with Crippen LogP contribution in [0.5, 0.6) is 0 Å². The van der Waals surface area contributed by atoms with E-state index < -0.39 is 0 Å². The highest BCUT2D eigenvalue weighted by Crippen LogP contribution is 2.32. The molecule has 0 aliphatic heterocycles. The molecule has 3 aromatic heterocycles. The first-order valence-electron chi connectivity index (χ1n) is 8.05. The number of halogens is 2. The highest BCUT2D eigenvalue weighted by Gasteiger charge is 2.11. The molecule has 6 heteroatoms. The van der Waals surface area contributed by atoms with Gasteiger partial charge in [0.25, 0.3) is 0 Å². The van der Waals surface area contributed by atoms with Gasteiger partial charge in [0.15, 0.2) is 0 Å². The first kappa shape index (κ1) is 15.8. The summed E-state index contributed by atoms with van der Waals surface area (Å²) in [5.41, 5.74) is 5.94. The van der Waals surface area contributed by atoms with Crippen molar-refractivity contribution in [2.24, 2.45) is 0 Å². The van der Waals surface area contributed by atoms with Crippen molar-refractivity contribution in [1.82, 2.24) is 19.9 Å². The van der Waals surface area contributed by atoms with E-state index in [1.807, 2.05) is 36.9 Å². The molecule has 0 saturated carbocycles. The molecule has 0 amide bonds. The van der Waals surface area contributed by atoms with Gasteiger partial charge in [-0.3, -0.25) is 9.97 Å². The summed E-state index contributed by atoms with van der Waals surface area (Å²) in [6.07, 6.45) is 7.61. The number of benzene rings is 2. The number of aromatic nitrogens is 4. The van der Waals surface area contributed by atoms with Crippen molar-refractivity contribution in [2.45, 2.75) is 0 Å². The number of fused-ring (bicyclic) bond motifs is 2. The lowest BCUT2D eigenvalue weighted by atomic mass is 10.1. The van der Waals surface area contributed by atoms with Gasteiger partial charge < -0.3 is 9.97 Å². The van der Waals surface area contributed by atoms with Crippen LogP contribution < -0.4 is 0 Å². The summed E-state index contributed by atoms with van der Waals surface area (Å²) < 4.78 is 2.08. The molecule has 4 nitrogen and oxygen atoms in total. The van der Waals surface area contributed by atoms with Gasteiger partial charge in [-0.25, -0.2) is 0 Å². The van der Waals surface area contributed by atoms with Crippen LogP contribution in [0.3, 0.4) is 0 Å². The number of hydrogen-bond acceptors (Lipinski definition) is 2. The van der Waals surface area contributed by atoms with Crippen LogP contribution in [0.4, 0.5) is 0 Å². The van der Waals surface area contributed by atoms with Crippen LogP contribution in [0, 0.1) is 0 Å². The molecular weight excluding hydrogens is 456 g/mol. The molecule has 126 valence electrons. The molecule has 3 heterocycles. The second-order valence-corrected chi connectivity index (χ2v) is 7.90. The van der Waals surface area contributed by atoms with Gasteiger partial charge in [0, 0.05) is 54.3 Å². The smallest absolute Gasteiger partial charge is 0.0907 e. The second-order valence-electron chi connectivity index (χ2n) is 6.07. The molecule has 0 spiro atoms. The molecule has 5 rings (SSSR count). The van der Waals surface area contributed by atoms with Crippen LogP contribution in [0.2, 0.25) is 0 Å². The predicted octanol–water partition coefficient (Wildman–Crippen LogP) is 6.30. The van der Waals surface area contributed by atoms with Crippen molar-refractivity contribution < 1.29 is 0 Å². The number of H-pyrrole nitrogens is 2. The summed E-state index contributed by atoms with van der Waals surface area (Å²) in [5, 5.41) is 2.25. The van der Waals surface area contributed by atoms with E-state index in [0.29, 0.717) is 0 Å². The Morgan fingerprint density at radius 1 is 0.654 bits per heavy atom. The third kappa shape index (κ3) is 2.57. The Hall–Kier alpha value is -2.44. The number of rotatable bonds is 2. The Kier molecular flexibility index (Phi) is 3.69. The molecule has 0 fully saturated rings. The summed E-state index contributed by atoms with van der Waals surface area (Å²) in [4.78, 5) is 15.9. The summed E-state index contributed by atoms with van der Waals surface area (Å²) in [7, 11) is 0. The number of aromatic amines is 2. The number of hydrogen-bond donors (Lipinski definition) is 2. The minimum atomic E-state index is 0.846. The van der Waals surface area contributed by atoms with Crippen molar-refractivity contribution in [1.29, 1.82) is 0 Å². The molecule has 2 aromatic carbocycles. The zero-order valence-corrected chi connectivity index (χ0v) is 16.6. The first-order valence-corrected chi connectivity index (χ1v) is 9.64. The van der Waals surface area contributed by atoms with Crippen molar-refractivity contribution in [3.05, 3.63) is 70.1 Å². The molecule has 0 bridgehead atoms. The average molecular weight is 468 g/mol. The minimum Gasteiger partial charge on any atom is -0.360 e. The normalized spacial score (nSPS) is 11.5. The maximum Gasteiger partial charge on any atom is 0.0907 e. The van der Waals surface area contributed by atoms with Gasteiger partial charge in [-0.1, -0.05) is 31.9 Å². The fourth-order valence-corrected chi connectivity index (χ4v) is 3.94. The Balaban J connectivity index is 1.60. The van der Waals surface area contributed by atoms with E-state index in [-0.39, 0.29) is 0 Å².